The Hall–Kier alpha value is -1.32. The summed E-state index contributed by atoms with van der Waals surface area (Å²) in [5.74, 6) is 2.21. The number of nitrogen functional groups attached to an aromatic ring is 1. The highest BCUT2D eigenvalue weighted by Crippen LogP contribution is 2.26. The van der Waals surface area contributed by atoms with Gasteiger partial charge in [0.1, 0.15) is 17.5 Å². The van der Waals surface area contributed by atoms with Gasteiger partial charge < -0.3 is 11.1 Å². The second kappa shape index (κ2) is 5.35. The summed E-state index contributed by atoms with van der Waals surface area (Å²) >= 11 is 0. The molecule has 0 saturated heterocycles. The molecule has 1 heterocycles. The Morgan fingerprint density at radius 1 is 1.11 bits per heavy atom. The third kappa shape index (κ3) is 4.08. The first kappa shape index (κ1) is 15.7. The lowest BCUT2D eigenvalue weighted by molar-refractivity contribution is 0.376. The largest absolute Gasteiger partial charge is 0.383 e. The molecule has 0 amide bonds. The maximum Gasteiger partial charge on any atom is 0.138 e. The lowest BCUT2D eigenvalue weighted by Crippen LogP contribution is -2.25. The van der Waals surface area contributed by atoms with Gasteiger partial charge in [-0.3, -0.25) is 0 Å². The van der Waals surface area contributed by atoms with Crippen LogP contribution in [0.1, 0.15) is 59.4 Å². The molecular formula is C15H28N4. The highest BCUT2D eigenvalue weighted by Gasteiger charge is 2.21. The molecule has 0 atom stereocenters. The van der Waals surface area contributed by atoms with Crippen molar-refractivity contribution >= 4 is 11.6 Å². The number of hydrogen-bond donors (Lipinski definition) is 2. The molecule has 4 heteroatoms. The molecule has 0 aliphatic rings. The Bertz CT molecular complexity index is 444. The Labute approximate surface area is 117 Å². The van der Waals surface area contributed by atoms with Crippen LogP contribution in [0.5, 0.6) is 0 Å². The zero-order valence-corrected chi connectivity index (χ0v) is 13.4. The normalized spacial score (nSPS) is 12.6. The number of hydrogen-bond acceptors (Lipinski definition) is 4. The summed E-state index contributed by atoms with van der Waals surface area (Å²) in [5, 5.41) is 3.43. The molecule has 0 fully saturated rings. The Morgan fingerprint density at radius 3 is 2.16 bits per heavy atom. The number of rotatable bonds is 4. The monoisotopic (exact) mass is 264 g/mol. The number of nitrogens with two attached hydrogens (primary N) is 1. The van der Waals surface area contributed by atoms with Crippen LogP contribution >= 0.6 is 0 Å². The van der Waals surface area contributed by atoms with Gasteiger partial charge in [-0.15, -0.1) is 0 Å². The molecule has 0 aliphatic carbocycles. The molecule has 4 nitrogen and oxygen atoms in total. The molecule has 19 heavy (non-hydrogen) atoms. The van der Waals surface area contributed by atoms with E-state index in [0.29, 0.717) is 5.82 Å². The molecule has 108 valence electrons. The van der Waals surface area contributed by atoms with Crippen molar-refractivity contribution in [2.24, 2.45) is 5.41 Å². The van der Waals surface area contributed by atoms with Gasteiger partial charge in [0.05, 0.1) is 0 Å². The highest BCUT2D eigenvalue weighted by molar-refractivity contribution is 5.55. The molecule has 0 aliphatic heterocycles. The quantitative estimate of drug-likeness (QED) is 0.873. The van der Waals surface area contributed by atoms with Crippen molar-refractivity contribution in [3.8, 4) is 0 Å². The van der Waals surface area contributed by atoms with E-state index < -0.39 is 0 Å². The zero-order chi connectivity index (χ0) is 14.8. The van der Waals surface area contributed by atoms with E-state index in [0.717, 1.165) is 30.2 Å². The Morgan fingerprint density at radius 2 is 1.68 bits per heavy atom. The third-order valence-electron chi connectivity index (χ3n) is 3.55. The smallest absolute Gasteiger partial charge is 0.138 e. The standard InChI is InChI=1S/C15H28N4/c1-8-15(6,7)9-17-12-10(2)11(16)18-13(19-12)14(3,4)5/h8-9H2,1-7H3,(H3,16,17,18,19). The summed E-state index contributed by atoms with van der Waals surface area (Å²) in [6.07, 6.45) is 1.12. The van der Waals surface area contributed by atoms with E-state index in [2.05, 4.69) is 56.8 Å². The summed E-state index contributed by atoms with van der Waals surface area (Å²) < 4.78 is 0. The molecule has 0 unspecified atom stereocenters. The first-order valence-electron chi connectivity index (χ1n) is 6.95. The maximum atomic E-state index is 6.00. The highest BCUT2D eigenvalue weighted by atomic mass is 15.1. The van der Waals surface area contributed by atoms with Crippen LogP contribution in [0.2, 0.25) is 0 Å². The summed E-state index contributed by atoms with van der Waals surface area (Å²) in [6.45, 7) is 15.8. The molecule has 1 rings (SSSR count). The third-order valence-corrected chi connectivity index (χ3v) is 3.55. The van der Waals surface area contributed by atoms with E-state index in [1.165, 1.54) is 0 Å². The van der Waals surface area contributed by atoms with E-state index in [1.54, 1.807) is 0 Å². The van der Waals surface area contributed by atoms with Crippen LogP contribution in [0.4, 0.5) is 11.6 Å². The number of nitrogens with zero attached hydrogens (tertiary/aromatic N) is 2. The fourth-order valence-corrected chi connectivity index (χ4v) is 1.49. The summed E-state index contributed by atoms with van der Waals surface area (Å²) in [5.41, 5.74) is 7.07. The molecular weight excluding hydrogens is 236 g/mol. The van der Waals surface area contributed by atoms with Crippen molar-refractivity contribution < 1.29 is 0 Å². The zero-order valence-electron chi connectivity index (χ0n) is 13.4. The molecule has 0 saturated carbocycles. The van der Waals surface area contributed by atoms with Crippen molar-refractivity contribution in [3.63, 3.8) is 0 Å². The molecule has 0 radical (unpaired) electrons. The maximum absolute atomic E-state index is 6.00. The second-order valence-corrected chi connectivity index (χ2v) is 7.03. The number of anilines is 2. The molecule has 3 N–H and O–H groups in total. The van der Waals surface area contributed by atoms with Crippen LogP contribution in [0, 0.1) is 12.3 Å². The van der Waals surface area contributed by atoms with E-state index in [1.807, 2.05) is 6.92 Å². The summed E-state index contributed by atoms with van der Waals surface area (Å²) in [7, 11) is 0. The van der Waals surface area contributed by atoms with Gasteiger partial charge in [-0.2, -0.15) is 0 Å². The van der Waals surface area contributed by atoms with Gasteiger partial charge in [-0.25, -0.2) is 9.97 Å². The van der Waals surface area contributed by atoms with Crippen LogP contribution in [0.15, 0.2) is 0 Å². The minimum atomic E-state index is -0.0987. The lowest BCUT2D eigenvalue weighted by Gasteiger charge is -2.25. The fourth-order valence-electron chi connectivity index (χ4n) is 1.49. The lowest BCUT2D eigenvalue weighted by atomic mass is 9.90. The van der Waals surface area contributed by atoms with E-state index in [9.17, 15) is 0 Å². The van der Waals surface area contributed by atoms with Gasteiger partial charge in [0.15, 0.2) is 0 Å². The Kier molecular flexibility index (Phi) is 4.43. The molecule has 1 aromatic rings. The van der Waals surface area contributed by atoms with E-state index in [4.69, 9.17) is 5.73 Å². The first-order valence-corrected chi connectivity index (χ1v) is 6.95. The minimum Gasteiger partial charge on any atom is -0.383 e. The molecule has 1 aromatic heterocycles. The van der Waals surface area contributed by atoms with Gasteiger partial charge >= 0.3 is 0 Å². The predicted molar refractivity (Wildman–Crippen MR) is 82.4 cm³/mol. The SMILES string of the molecule is CCC(C)(C)CNc1nc(C(C)(C)C)nc(N)c1C. The van der Waals surface area contributed by atoms with Crippen LogP contribution in [-0.2, 0) is 5.41 Å². The number of nitrogens with one attached hydrogen (secondary N) is 1. The summed E-state index contributed by atoms with van der Waals surface area (Å²) in [4.78, 5) is 9.04. The summed E-state index contributed by atoms with van der Waals surface area (Å²) in [6, 6.07) is 0. The van der Waals surface area contributed by atoms with E-state index in [-0.39, 0.29) is 10.8 Å². The van der Waals surface area contributed by atoms with Gasteiger partial charge in [-0.1, -0.05) is 41.5 Å². The van der Waals surface area contributed by atoms with Crippen LogP contribution in [0.25, 0.3) is 0 Å². The van der Waals surface area contributed by atoms with Crippen LogP contribution in [0.3, 0.4) is 0 Å². The Balaban J connectivity index is 3.04. The second-order valence-electron chi connectivity index (χ2n) is 7.03. The molecule has 0 bridgehead atoms. The average molecular weight is 264 g/mol. The van der Waals surface area contributed by atoms with Gasteiger partial charge in [0.25, 0.3) is 0 Å². The molecule has 0 spiro atoms. The van der Waals surface area contributed by atoms with Crippen LogP contribution in [-0.4, -0.2) is 16.5 Å². The van der Waals surface area contributed by atoms with Crippen LogP contribution < -0.4 is 11.1 Å². The van der Waals surface area contributed by atoms with Crippen molar-refractivity contribution in [1.82, 2.24) is 9.97 Å². The van der Waals surface area contributed by atoms with Crippen molar-refractivity contribution in [2.45, 2.75) is 60.3 Å². The van der Waals surface area contributed by atoms with Crippen molar-refractivity contribution in [2.75, 3.05) is 17.6 Å². The van der Waals surface area contributed by atoms with Gasteiger partial charge in [0.2, 0.25) is 0 Å². The van der Waals surface area contributed by atoms with Crippen molar-refractivity contribution in [1.29, 1.82) is 0 Å². The average Bonchev–Trinajstić information content (AvgIpc) is 2.29. The first-order chi connectivity index (χ1) is 8.57. The van der Waals surface area contributed by atoms with Gasteiger partial charge in [-0.05, 0) is 18.8 Å². The van der Waals surface area contributed by atoms with Gasteiger partial charge in [0, 0.05) is 17.5 Å². The topological polar surface area (TPSA) is 63.8 Å². The van der Waals surface area contributed by atoms with E-state index >= 15 is 0 Å². The number of aromatic nitrogens is 2. The minimum absolute atomic E-state index is 0.0987. The fraction of sp³-hybridized carbons (Fsp3) is 0.733. The predicted octanol–water partition coefficient (Wildman–Crippen LogP) is 3.51. The van der Waals surface area contributed by atoms with Crippen molar-refractivity contribution in [3.05, 3.63) is 11.4 Å². The molecule has 0 aromatic carbocycles.